The maximum absolute atomic E-state index is 12.4. The number of rotatable bonds is 5. The Kier molecular flexibility index (Phi) is 5.40. The number of hydrogen-bond acceptors (Lipinski definition) is 5. The third kappa shape index (κ3) is 4.73. The van der Waals surface area contributed by atoms with Crippen molar-refractivity contribution >= 4 is 21.7 Å². The summed E-state index contributed by atoms with van der Waals surface area (Å²) in [6.45, 7) is 2.80. The van der Waals surface area contributed by atoms with Crippen molar-refractivity contribution < 1.29 is 30.6 Å². The van der Waals surface area contributed by atoms with Crippen LogP contribution in [-0.4, -0.2) is 32.9 Å². The zero-order chi connectivity index (χ0) is 19.8. The Morgan fingerprint density at radius 1 is 1.07 bits per heavy atom. The van der Waals surface area contributed by atoms with E-state index in [2.05, 4.69) is 4.74 Å². The Balaban J connectivity index is 1.94. The second kappa shape index (κ2) is 7.31. The van der Waals surface area contributed by atoms with Crippen LogP contribution in [0.25, 0.3) is 11.1 Å². The van der Waals surface area contributed by atoms with Crippen LogP contribution in [-0.2, 0) is 14.4 Å². The monoisotopic (exact) mass is 421 g/mol. The van der Waals surface area contributed by atoms with E-state index in [0.717, 1.165) is 18.6 Å². The lowest BCUT2D eigenvalue weighted by Crippen LogP contribution is -2.38. The van der Waals surface area contributed by atoms with E-state index >= 15 is 0 Å². The van der Waals surface area contributed by atoms with Gasteiger partial charge in [0, 0.05) is 18.7 Å². The molecule has 1 aliphatic heterocycles. The zero-order valence-corrected chi connectivity index (χ0v) is 15.7. The molecule has 2 aromatic rings. The number of alkyl halides is 3. The summed E-state index contributed by atoms with van der Waals surface area (Å²) >= 11 is 6.11. The van der Waals surface area contributed by atoms with Crippen molar-refractivity contribution in [3.63, 3.8) is 0 Å². The van der Waals surface area contributed by atoms with Gasteiger partial charge >= 0.3 is 16.5 Å². The number of aryl methyl sites for hydroxylation is 1. The molecule has 0 saturated carbocycles. The van der Waals surface area contributed by atoms with Crippen LogP contribution in [0.4, 0.5) is 13.2 Å². The Bertz CT molecular complexity index is 959. The first-order valence-electron chi connectivity index (χ1n) is 7.91. The molecule has 0 radical (unpaired) electrons. The molecule has 5 nitrogen and oxygen atoms in total. The maximum Gasteiger partial charge on any atom is 0.573 e. The molecule has 2 aromatic carbocycles. The van der Waals surface area contributed by atoms with E-state index < -0.39 is 22.2 Å². The second-order valence-corrected chi connectivity index (χ2v) is 7.91. The van der Waals surface area contributed by atoms with Gasteiger partial charge in [0.15, 0.2) is 0 Å². The molecule has 0 spiro atoms. The van der Waals surface area contributed by atoms with Gasteiger partial charge in [-0.1, -0.05) is 17.7 Å². The minimum Gasteiger partial charge on any atom is -0.406 e. The van der Waals surface area contributed by atoms with E-state index in [9.17, 15) is 21.6 Å². The zero-order valence-electron chi connectivity index (χ0n) is 14.1. The topological polar surface area (TPSA) is 55.8 Å². The molecular formula is C17H15ClF3NO4S. The van der Waals surface area contributed by atoms with Gasteiger partial charge < -0.3 is 4.74 Å². The predicted octanol–water partition coefficient (Wildman–Crippen LogP) is 4.54. The van der Waals surface area contributed by atoms with Crippen LogP contribution in [0.5, 0.6) is 5.75 Å². The van der Waals surface area contributed by atoms with Gasteiger partial charge in [-0.15, -0.1) is 13.2 Å². The molecule has 0 unspecified atom stereocenters. The number of benzene rings is 2. The average molecular weight is 422 g/mol. The van der Waals surface area contributed by atoms with Crippen molar-refractivity contribution in [1.29, 1.82) is 0 Å². The molecule has 0 bridgehead atoms. The minimum atomic E-state index is -4.83. The standard InChI is InChI=1S/C17H15ClF3NO4S/c1-11-3-5-13(27(23,24)26-22-7-2-8-22)10-15(11)14-6-4-12(9-16(14)18)25-17(19,20)21/h3-6,9-10H,2,7-8H2,1H3. The van der Waals surface area contributed by atoms with Gasteiger partial charge in [0.2, 0.25) is 0 Å². The summed E-state index contributed by atoms with van der Waals surface area (Å²) < 4.78 is 70.6. The second-order valence-electron chi connectivity index (χ2n) is 5.98. The van der Waals surface area contributed by atoms with Crippen LogP contribution >= 0.6 is 11.6 Å². The molecule has 0 aromatic heterocycles. The van der Waals surface area contributed by atoms with Crippen LogP contribution < -0.4 is 4.74 Å². The number of hydroxylamine groups is 2. The van der Waals surface area contributed by atoms with Crippen molar-refractivity contribution in [2.45, 2.75) is 24.6 Å². The lowest BCUT2D eigenvalue weighted by atomic mass is 10.0. The molecule has 0 amide bonds. The molecule has 1 saturated heterocycles. The van der Waals surface area contributed by atoms with Gasteiger partial charge in [0.1, 0.15) is 5.75 Å². The van der Waals surface area contributed by atoms with Crippen molar-refractivity contribution in [2.24, 2.45) is 0 Å². The fraction of sp³-hybridized carbons (Fsp3) is 0.294. The summed E-state index contributed by atoms with van der Waals surface area (Å²) in [7, 11) is -4.00. The van der Waals surface area contributed by atoms with E-state index in [0.29, 0.717) is 29.8 Å². The Morgan fingerprint density at radius 3 is 2.33 bits per heavy atom. The fourth-order valence-corrected chi connectivity index (χ4v) is 3.78. The highest BCUT2D eigenvalue weighted by atomic mass is 35.5. The minimum absolute atomic E-state index is 0.00180. The van der Waals surface area contributed by atoms with Gasteiger partial charge in [-0.2, -0.15) is 17.8 Å². The van der Waals surface area contributed by atoms with E-state index in [1.165, 1.54) is 23.3 Å². The lowest BCUT2D eigenvalue weighted by Gasteiger charge is -2.28. The van der Waals surface area contributed by atoms with Gasteiger partial charge in [0.25, 0.3) is 0 Å². The normalized spacial score (nSPS) is 15.4. The van der Waals surface area contributed by atoms with Gasteiger partial charge in [-0.3, -0.25) is 0 Å². The number of ether oxygens (including phenoxy) is 1. The first-order chi connectivity index (χ1) is 12.5. The first kappa shape index (κ1) is 19.9. The Hall–Kier alpha value is -1.81. The summed E-state index contributed by atoms with van der Waals surface area (Å²) in [6.07, 6.45) is -3.97. The van der Waals surface area contributed by atoms with Gasteiger partial charge in [-0.05, 0) is 54.8 Å². The molecule has 1 fully saturated rings. The summed E-state index contributed by atoms with van der Waals surface area (Å²) in [6, 6.07) is 7.86. The molecule has 3 rings (SSSR count). The molecule has 1 aliphatic rings. The van der Waals surface area contributed by atoms with E-state index in [1.807, 2.05) is 0 Å². The van der Waals surface area contributed by atoms with Crippen LogP contribution in [0.3, 0.4) is 0 Å². The van der Waals surface area contributed by atoms with Crippen LogP contribution in [0.15, 0.2) is 41.3 Å². The average Bonchev–Trinajstić information content (AvgIpc) is 2.50. The smallest absolute Gasteiger partial charge is 0.406 e. The highest BCUT2D eigenvalue weighted by Crippen LogP contribution is 2.36. The third-order valence-corrected chi connectivity index (χ3v) is 5.53. The molecule has 27 heavy (non-hydrogen) atoms. The molecule has 0 N–H and O–H groups in total. The number of nitrogens with zero attached hydrogens (tertiary/aromatic N) is 1. The van der Waals surface area contributed by atoms with E-state index in [-0.39, 0.29) is 9.92 Å². The maximum atomic E-state index is 12.4. The van der Waals surface area contributed by atoms with Crippen molar-refractivity contribution in [2.75, 3.05) is 13.1 Å². The highest BCUT2D eigenvalue weighted by molar-refractivity contribution is 7.86. The van der Waals surface area contributed by atoms with Crippen molar-refractivity contribution in [3.05, 3.63) is 47.0 Å². The van der Waals surface area contributed by atoms with Crippen molar-refractivity contribution in [1.82, 2.24) is 5.06 Å². The Labute approximate surface area is 159 Å². The molecule has 146 valence electrons. The molecule has 1 heterocycles. The summed E-state index contributed by atoms with van der Waals surface area (Å²) in [4.78, 5) is -0.0679. The van der Waals surface area contributed by atoms with Crippen molar-refractivity contribution in [3.8, 4) is 16.9 Å². The molecule has 10 heteroatoms. The third-order valence-electron chi connectivity index (χ3n) is 3.98. The number of hydrogen-bond donors (Lipinski definition) is 0. The summed E-state index contributed by atoms with van der Waals surface area (Å²) in [5, 5.41) is 1.34. The lowest BCUT2D eigenvalue weighted by molar-refractivity contribution is -0.274. The fourth-order valence-electron chi connectivity index (χ4n) is 2.50. The van der Waals surface area contributed by atoms with Crippen LogP contribution in [0.1, 0.15) is 12.0 Å². The van der Waals surface area contributed by atoms with Crippen LogP contribution in [0, 0.1) is 6.92 Å². The largest absolute Gasteiger partial charge is 0.573 e. The molecular weight excluding hydrogens is 407 g/mol. The Morgan fingerprint density at radius 2 is 1.78 bits per heavy atom. The quantitative estimate of drug-likeness (QED) is 0.709. The summed E-state index contributed by atoms with van der Waals surface area (Å²) in [5.74, 6) is -0.459. The first-order valence-corrected chi connectivity index (χ1v) is 9.70. The molecule has 0 atom stereocenters. The van der Waals surface area contributed by atoms with E-state index in [4.69, 9.17) is 15.9 Å². The van der Waals surface area contributed by atoms with Gasteiger partial charge in [0.05, 0.1) is 9.92 Å². The SMILES string of the molecule is Cc1ccc(S(=O)(=O)ON2CCC2)cc1-c1ccc(OC(F)(F)F)cc1Cl. The number of halogens is 4. The predicted molar refractivity (Wildman–Crippen MR) is 92.8 cm³/mol. The highest BCUT2D eigenvalue weighted by Gasteiger charge is 2.31. The van der Waals surface area contributed by atoms with E-state index in [1.54, 1.807) is 13.0 Å². The summed E-state index contributed by atoms with van der Waals surface area (Å²) in [5.41, 5.74) is 1.54. The van der Waals surface area contributed by atoms with Crippen LogP contribution in [0.2, 0.25) is 5.02 Å². The molecule has 0 aliphatic carbocycles. The van der Waals surface area contributed by atoms with Gasteiger partial charge in [-0.25, -0.2) is 0 Å².